The van der Waals surface area contributed by atoms with Crippen molar-refractivity contribution in [1.29, 1.82) is 0 Å². The van der Waals surface area contributed by atoms with Gasteiger partial charge in [0.25, 0.3) is 0 Å². The summed E-state index contributed by atoms with van der Waals surface area (Å²) in [5.41, 5.74) is 5.04. The molecule has 0 fully saturated rings. The topological polar surface area (TPSA) is 29.9 Å². The second kappa shape index (κ2) is 7.23. The zero-order valence-electron chi connectivity index (χ0n) is 13.3. The van der Waals surface area contributed by atoms with Crippen LogP contribution in [-0.4, -0.2) is 22.9 Å². The molecule has 0 radical (unpaired) electrons. The monoisotopic (exact) mass is 349 g/mol. The molecule has 1 aromatic carbocycles. The van der Waals surface area contributed by atoms with Crippen molar-refractivity contribution in [2.75, 3.05) is 7.05 Å². The second-order valence-corrected chi connectivity index (χ2v) is 6.34. The Hall–Kier alpha value is -1.13. The molecule has 0 spiro atoms. The number of nitrogens with one attached hydrogen (secondary N) is 1. The van der Waals surface area contributed by atoms with Crippen molar-refractivity contribution in [3.63, 3.8) is 0 Å². The fourth-order valence-electron chi connectivity index (χ4n) is 2.70. The van der Waals surface area contributed by atoms with Crippen molar-refractivity contribution in [3.05, 3.63) is 51.3 Å². The molecule has 1 atom stereocenters. The van der Waals surface area contributed by atoms with E-state index in [0.717, 1.165) is 29.6 Å². The lowest BCUT2D eigenvalue weighted by atomic mass is 10.0. The van der Waals surface area contributed by atoms with Crippen molar-refractivity contribution in [3.8, 4) is 0 Å². The molecule has 114 valence electrons. The first-order valence-electron chi connectivity index (χ1n) is 7.49. The Labute approximate surface area is 135 Å². The molecule has 1 N–H and O–H groups in total. The lowest BCUT2D eigenvalue weighted by Crippen LogP contribution is -2.31. The molecular weight excluding hydrogens is 326 g/mol. The Morgan fingerprint density at radius 1 is 1.29 bits per heavy atom. The fraction of sp³-hybridized carbons (Fsp3) is 0.471. The van der Waals surface area contributed by atoms with Crippen LogP contribution >= 0.6 is 15.9 Å². The third-order valence-electron chi connectivity index (χ3n) is 3.87. The predicted octanol–water partition coefficient (Wildman–Crippen LogP) is 3.66. The van der Waals surface area contributed by atoms with E-state index in [1.165, 1.54) is 16.8 Å². The first kappa shape index (κ1) is 16.2. The van der Waals surface area contributed by atoms with Gasteiger partial charge in [0.1, 0.15) is 0 Å². The van der Waals surface area contributed by atoms with Crippen LogP contribution in [0.2, 0.25) is 0 Å². The minimum Gasteiger partial charge on any atom is -0.316 e. The number of aromatic nitrogens is 2. The number of rotatable bonds is 6. The number of aryl methyl sites for hydroxylation is 3. The van der Waals surface area contributed by atoms with Gasteiger partial charge in [0, 0.05) is 19.0 Å². The van der Waals surface area contributed by atoms with Crippen LogP contribution in [0, 0.1) is 13.8 Å². The average molecular weight is 350 g/mol. The highest BCUT2D eigenvalue weighted by Gasteiger charge is 2.17. The van der Waals surface area contributed by atoms with E-state index in [1.807, 2.05) is 7.05 Å². The number of hydrogen-bond acceptors (Lipinski definition) is 2. The summed E-state index contributed by atoms with van der Waals surface area (Å²) in [5, 5.41) is 8.02. The van der Waals surface area contributed by atoms with Crippen LogP contribution < -0.4 is 5.32 Å². The highest BCUT2D eigenvalue weighted by atomic mass is 79.9. The molecule has 1 heterocycles. The molecule has 2 rings (SSSR count). The van der Waals surface area contributed by atoms with Gasteiger partial charge in [-0.05, 0) is 55.7 Å². The van der Waals surface area contributed by atoms with Crippen molar-refractivity contribution in [1.82, 2.24) is 15.1 Å². The Balaban J connectivity index is 2.16. The van der Waals surface area contributed by atoms with E-state index >= 15 is 0 Å². The quantitative estimate of drug-likeness (QED) is 0.862. The average Bonchev–Trinajstić information content (AvgIpc) is 2.74. The van der Waals surface area contributed by atoms with Gasteiger partial charge in [-0.25, -0.2) is 0 Å². The van der Waals surface area contributed by atoms with Gasteiger partial charge in [-0.3, -0.25) is 4.68 Å². The lowest BCUT2D eigenvalue weighted by Gasteiger charge is -2.17. The summed E-state index contributed by atoms with van der Waals surface area (Å²) in [7, 11) is 2.04. The summed E-state index contributed by atoms with van der Waals surface area (Å²) in [5.74, 6) is 0. The lowest BCUT2D eigenvalue weighted by molar-refractivity contribution is 0.519. The van der Waals surface area contributed by atoms with E-state index in [1.54, 1.807) is 0 Å². The van der Waals surface area contributed by atoms with Gasteiger partial charge >= 0.3 is 0 Å². The van der Waals surface area contributed by atoms with Crippen molar-refractivity contribution in [2.24, 2.45) is 0 Å². The maximum absolute atomic E-state index is 4.58. The molecule has 4 heteroatoms. The van der Waals surface area contributed by atoms with E-state index < -0.39 is 0 Å². The number of likely N-dealkylation sites (N-methyl/N-ethyl adjacent to an activating group) is 1. The smallest absolute Gasteiger partial charge is 0.0738 e. The summed E-state index contributed by atoms with van der Waals surface area (Å²) < 4.78 is 3.24. The van der Waals surface area contributed by atoms with Crippen molar-refractivity contribution < 1.29 is 0 Å². The summed E-state index contributed by atoms with van der Waals surface area (Å²) >= 11 is 3.69. The molecule has 2 aromatic rings. The Morgan fingerprint density at radius 3 is 2.67 bits per heavy atom. The molecule has 21 heavy (non-hydrogen) atoms. The van der Waals surface area contributed by atoms with E-state index in [9.17, 15) is 0 Å². The standard InChI is InChI=1S/C17H24BrN3/c1-5-21-16(17(18)13(3)20-21)11-15(19-4)10-14-8-6-7-12(2)9-14/h6-9,15,19H,5,10-11H2,1-4H3. The highest BCUT2D eigenvalue weighted by molar-refractivity contribution is 9.10. The van der Waals surface area contributed by atoms with Crippen LogP contribution in [0.3, 0.4) is 0 Å². The van der Waals surface area contributed by atoms with Crippen LogP contribution in [0.15, 0.2) is 28.7 Å². The molecule has 1 unspecified atom stereocenters. The minimum atomic E-state index is 0.407. The molecule has 0 bridgehead atoms. The molecule has 0 amide bonds. The second-order valence-electron chi connectivity index (χ2n) is 5.54. The zero-order valence-corrected chi connectivity index (χ0v) is 14.9. The van der Waals surface area contributed by atoms with Gasteiger partial charge in [-0.1, -0.05) is 29.8 Å². The van der Waals surface area contributed by atoms with Gasteiger partial charge in [0.2, 0.25) is 0 Å². The summed E-state index contributed by atoms with van der Waals surface area (Å²) in [4.78, 5) is 0. The number of benzene rings is 1. The number of nitrogens with zero attached hydrogens (tertiary/aromatic N) is 2. The normalized spacial score (nSPS) is 12.6. The maximum atomic E-state index is 4.58. The van der Waals surface area contributed by atoms with Gasteiger partial charge < -0.3 is 5.32 Å². The van der Waals surface area contributed by atoms with Gasteiger partial charge in [-0.2, -0.15) is 5.10 Å². The summed E-state index contributed by atoms with van der Waals surface area (Å²) in [6.45, 7) is 7.23. The highest BCUT2D eigenvalue weighted by Crippen LogP contribution is 2.23. The van der Waals surface area contributed by atoms with Gasteiger partial charge in [0.15, 0.2) is 0 Å². The molecule has 0 saturated carbocycles. The van der Waals surface area contributed by atoms with Gasteiger partial charge in [0.05, 0.1) is 15.9 Å². The first-order valence-corrected chi connectivity index (χ1v) is 8.29. The van der Waals surface area contributed by atoms with E-state index in [2.05, 4.69) is 76.1 Å². The molecule has 0 aliphatic heterocycles. The van der Waals surface area contributed by atoms with E-state index in [-0.39, 0.29) is 0 Å². The predicted molar refractivity (Wildman–Crippen MR) is 91.8 cm³/mol. The molecule has 0 aliphatic rings. The molecule has 0 aliphatic carbocycles. The molecule has 0 saturated heterocycles. The maximum Gasteiger partial charge on any atom is 0.0738 e. The Kier molecular flexibility index (Phi) is 5.59. The Bertz CT molecular complexity index is 604. The molecule has 3 nitrogen and oxygen atoms in total. The van der Waals surface area contributed by atoms with Crippen molar-refractivity contribution >= 4 is 15.9 Å². The van der Waals surface area contributed by atoms with Gasteiger partial charge in [-0.15, -0.1) is 0 Å². The van der Waals surface area contributed by atoms with Crippen LogP contribution in [0.4, 0.5) is 0 Å². The molecule has 1 aromatic heterocycles. The fourth-order valence-corrected chi connectivity index (χ4v) is 3.14. The van der Waals surface area contributed by atoms with Crippen LogP contribution in [0.5, 0.6) is 0 Å². The van der Waals surface area contributed by atoms with E-state index in [0.29, 0.717) is 6.04 Å². The van der Waals surface area contributed by atoms with Crippen LogP contribution in [0.1, 0.15) is 29.4 Å². The first-order chi connectivity index (χ1) is 10.0. The summed E-state index contributed by atoms with van der Waals surface area (Å²) in [6, 6.07) is 9.15. The van der Waals surface area contributed by atoms with Crippen molar-refractivity contribution in [2.45, 2.75) is 46.2 Å². The number of halogens is 1. The SMILES string of the molecule is CCn1nc(C)c(Br)c1CC(Cc1cccc(C)c1)NC. The zero-order chi connectivity index (χ0) is 15.4. The Morgan fingerprint density at radius 2 is 2.05 bits per heavy atom. The molecular formula is C17H24BrN3. The third-order valence-corrected chi connectivity index (χ3v) is 4.90. The van der Waals surface area contributed by atoms with Crippen LogP contribution in [0.25, 0.3) is 0 Å². The summed E-state index contributed by atoms with van der Waals surface area (Å²) in [6.07, 6.45) is 2.00. The van der Waals surface area contributed by atoms with Crippen LogP contribution in [-0.2, 0) is 19.4 Å². The number of hydrogen-bond donors (Lipinski definition) is 1. The largest absolute Gasteiger partial charge is 0.316 e. The van der Waals surface area contributed by atoms with E-state index in [4.69, 9.17) is 0 Å². The minimum absolute atomic E-state index is 0.407. The third kappa shape index (κ3) is 3.95.